The summed E-state index contributed by atoms with van der Waals surface area (Å²) in [6.45, 7) is 0.165. The molecule has 2 N–H and O–H groups in total. The van der Waals surface area contributed by atoms with E-state index in [1.165, 1.54) is 6.07 Å². The highest BCUT2D eigenvalue weighted by molar-refractivity contribution is 5.89. The van der Waals surface area contributed by atoms with E-state index in [-0.39, 0.29) is 6.54 Å². The first-order valence-corrected chi connectivity index (χ1v) is 7.11. The second kappa shape index (κ2) is 6.91. The first-order chi connectivity index (χ1) is 11.6. The summed E-state index contributed by atoms with van der Waals surface area (Å²) in [5.74, 6) is -1.07. The molecule has 0 spiro atoms. The van der Waals surface area contributed by atoms with Crippen molar-refractivity contribution in [2.45, 2.75) is 6.54 Å². The Hall–Kier alpha value is -3.22. The number of nitrogens with one attached hydrogen (secondary N) is 2. The van der Waals surface area contributed by atoms with Gasteiger partial charge in [0.25, 0.3) is 0 Å². The summed E-state index contributed by atoms with van der Waals surface area (Å²) in [6.07, 6.45) is 3.13. The fraction of sp³-hybridized carbons (Fsp3) is 0.0588. The summed E-state index contributed by atoms with van der Waals surface area (Å²) < 4.78 is 32.2. The van der Waals surface area contributed by atoms with Crippen LogP contribution in [0.3, 0.4) is 0 Å². The first-order valence-electron chi connectivity index (χ1n) is 7.11. The quantitative estimate of drug-likeness (QED) is 0.762. The van der Waals surface area contributed by atoms with Crippen molar-refractivity contribution in [2.75, 3.05) is 5.32 Å². The van der Waals surface area contributed by atoms with Crippen molar-refractivity contribution in [3.05, 3.63) is 72.1 Å². The van der Waals surface area contributed by atoms with Crippen molar-refractivity contribution in [1.29, 1.82) is 0 Å². The molecule has 0 aliphatic heterocycles. The van der Waals surface area contributed by atoms with Crippen LogP contribution < -0.4 is 10.6 Å². The van der Waals surface area contributed by atoms with E-state index in [4.69, 9.17) is 4.42 Å². The van der Waals surface area contributed by atoms with Gasteiger partial charge in [0.2, 0.25) is 0 Å². The van der Waals surface area contributed by atoms with Crippen LogP contribution in [0.15, 0.2) is 59.3 Å². The third-order valence-electron chi connectivity index (χ3n) is 3.25. The Balaban J connectivity index is 1.64. The Morgan fingerprint density at radius 1 is 1.12 bits per heavy atom. The summed E-state index contributed by atoms with van der Waals surface area (Å²) in [6, 6.07) is 9.63. The number of aromatic nitrogens is 1. The second-order valence-electron chi connectivity index (χ2n) is 4.93. The van der Waals surface area contributed by atoms with Gasteiger partial charge < -0.3 is 15.1 Å². The maximum absolute atomic E-state index is 13.5. The van der Waals surface area contributed by atoms with E-state index >= 15 is 0 Å². The predicted molar refractivity (Wildman–Crippen MR) is 84.2 cm³/mol. The van der Waals surface area contributed by atoms with E-state index in [1.807, 2.05) is 0 Å². The van der Waals surface area contributed by atoms with Crippen LogP contribution in [0.2, 0.25) is 0 Å². The van der Waals surface area contributed by atoms with Gasteiger partial charge in [-0.2, -0.15) is 0 Å². The summed E-state index contributed by atoms with van der Waals surface area (Å²) in [4.78, 5) is 16.0. The lowest BCUT2D eigenvalue weighted by Crippen LogP contribution is -2.29. The van der Waals surface area contributed by atoms with Crippen molar-refractivity contribution in [3.63, 3.8) is 0 Å². The number of amides is 2. The number of hydrogen-bond acceptors (Lipinski definition) is 3. The average molecular weight is 329 g/mol. The van der Waals surface area contributed by atoms with Gasteiger partial charge in [-0.15, -0.1) is 0 Å². The Labute approximate surface area is 136 Å². The van der Waals surface area contributed by atoms with Gasteiger partial charge in [0.1, 0.15) is 23.0 Å². The number of rotatable bonds is 4. The molecule has 7 heteroatoms. The minimum atomic E-state index is -0.839. The maximum Gasteiger partial charge on any atom is 0.319 e. The number of nitrogens with zero attached hydrogens (tertiary/aromatic N) is 1. The number of pyridine rings is 1. The fourth-order valence-electron chi connectivity index (χ4n) is 2.10. The van der Waals surface area contributed by atoms with Gasteiger partial charge in [0, 0.05) is 12.7 Å². The molecule has 24 heavy (non-hydrogen) atoms. The number of para-hydroxylation sites is 1. The Morgan fingerprint density at radius 3 is 2.62 bits per heavy atom. The van der Waals surface area contributed by atoms with Crippen LogP contribution in [0.5, 0.6) is 0 Å². The lowest BCUT2D eigenvalue weighted by Gasteiger charge is -2.09. The Morgan fingerprint density at radius 2 is 1.92 bits per heavy atom. The fourth-order valence-corrected chi connectivity index (χ4v) is 2.10. The Bertz CT molecular complexity index is 831. The van der Waals surface area contributed by atoms with Crippen molar-refractivity contribution in [1.82, 2.24) is 10.3 Å². The van der Waals surface area contributed by atoms with Gasteiger partial charge in [0.15, 0.2) is 5.76 Å². The highest BCUT2D eigenvalue weighted by Crippen LogP contribution is 2.19. The summed E-state index contributed by atoms with van der Waals surface area (Å²) in [7, 11) is 0. The molecule has 0 atom stereocenters. The second-order valence-corrected chi connectivity index (χ2v) is 4.93. The molecule has 122 valence electrons. The maximum atomic E-state index is 13.5. The molecule has 2 heterocycles. The molecule has 0 saturated heterocycles. The number of urea groups is 1. The highest BCUT2D eigenvalue weighted by atomic mass is 19.1. The van der Waals surface area contributed by atoms with E-state index in [9.17, 15) is 13.6 Å². The molecule has 3 rings (SSSR count). The molecule has 0 aliphatic rings. The number of benzene rings is 1. The molecule has 0 bridgehead atoms. The van der Waals surface area contributed by atoms with Crippen LogP contribution in [-0.4, -0.2) is 11.0 Å². The van der Waals surface area contributed by atoms with Crippen LogP contribution >= 0.6 is 0 Å². The Kier molecular flexibility index (Phi) is 4.51. The predicted octanol–water partition coefficient (Wildman–Crippen LogP) is 3.94. The van der Waals surface area contributed by atoms with Crippen molar-refractivity contribution < 1.29 is 18.0 Å². The molecule has 0 saturated carbocycles. The zero-order valence-electron chi connectivity index (χ0n) is 12.4. The van der Waals surface area contributed by atoms with Gasteiger partial charge >= 0.3 is 6.03 Å². The minimum absolute atomic E-state index is 0.165. The van der Waals surface area contributed by atoms with E-state index in [0.717, 1.165) is 17.7 Å². The molecule has 1 aromatic carbocycles. The lowest BCUT2D eigenvalue weighted by atomic mass is 10.2. The molecule has 3 aromatic rings. The van der Waals surface area contributed by atoms with Crippen molar-refractivity contribution >= 4 is 11.7 Å². The highest BCUT2D eigenvalue weighted by Gasteiger charge is 2.11. The zero-order valence-corrected chi connectivity index (χ0v) is 12.4. The number of furan rings is 1. The molecule has 0 unspecified atom stereocenters. The summed E-state index contributed by atoms with van der Waals surface area (Å²) in [5.41, 5.74) is 0.904. The molecule has 2 aromatic heterocycles. The van der Waals surface area contributed by atoms with Gasteiger partial charge in [-0.1, -0.05) is 6.07 Å². The third-order valence-corrected chi connectivity index (χ3v) is 3.25. The number of carbonyl (C=O) groups is 1. The number of carbonyl (C=O) groups excluding carboxylic acids is 1. The molecule has 0 fully saturated rings. The molecule has 2 amide bonds. The van der Waals surface area contributed by atoms with Crippen LogP contribution in [0.25, 0.3) is 11.5 Å². The normalized spacial score (nSPS) is 10.4. The minimum Gasteiger partial charge on any atom is -0.463 e. The largest absolute Gasteiger partial charge is 0.463 e. The zero-order chi connectivity index (χ0) is 16.9. The van der Waals surface area contributed by atoms with E-state index in [1.54, 1.807) is 36.7 Å². The average Bonchev–Trinajstić information content (AvgIpc) is 3.11. The van der Waals surface area contributed by atoms with Crippen LogP contribution in [0, 0.1) is 11.6 Å². The van der Waals surface area contributed by atoms with Crippen LogP contribution in [0.4, 0.5) is 19.3 Å². The van der Waals surface area contributed by atoms with Crippen molar-refractivity contribution in [2.24, 2.45) is 0 Å². The van der Waals surface area contributed by atoms with Crippen LogP contribution in [-0.2, 0) is 6.54 Å². The van der Waals surface area contributed by atoms with Gasteiger partial charge in [-0.3, -0.25) is 4.98 Å². The summed E-state index contributed by atoms with van der Waals surface area (Å²) in [5, 5.41) is 4.69. The summed E-state index contributed by atoms with van der Waals surface area (Å²) >= 11 is 0. The molecule has 0 radical (unpaired) electrons. The van der Waals surface area contributed by atoms with Crippen LogP contribution in [0.1, 0.15) is 5.56 Å². The van der Waals surface area contributed by atoms with E-state index in [0.29, 0.717) is 11.5 Å². The molecule has 5 nitrogen and oxygen atoms in total. The lowest BCUT2D eigenvalue weighted by molar-refractivity contribution is 0.251. The smallest absolute Gasteiger partial charge is 0.319 e. The van der Waals surface area contributed by atoms with Gasteiger partial charge in [-0.05, 0) is 42.0 Å². The van der Waals surface area contributed by atoms with Crippen molar-refractivity contribution in [3.8, 4) is 11.5 Å². The molecule has 0 aliphatic carbocycles. The topological polar surface area (TPSA) is 67.2 Å². The third kappa shape index (κ3) is 3.57. The molecular formula is C17H13F2N3O2. The number of halogens is 2. The number of anilines is 1. The monoisotopic (exact) mass is 329 g/mol. The first kappa shape index (κ1) is 15.7. The standard InChI is InChI=1S/C17H13F2N3O2/c18-12-3-1-4-13(19)16(12)22-17(23)21-10-11-6-7-20-14(9-11)15-5-2-8-24-15/h1-9H,10H2,(H2,21,22,23). The van der Waals surface area contributed by atoms with Gasteiger partial charge in [-0.25, -0.2) is 13.6 Å². The number of hydrogen-bond donors (Lipinski definition) is 2. The SMILES string of the molecule is O=C(NCc1ccnc(-c2ccco2)c1)Nc1c(F)cccc1F. The van der Waals surface area contributed by atoms with E-state index in [2.05, 4.69) is 15.6 Å². The van der Waals surface area contributed by atoms with Gasteiger partial charge in [0.05, 0.1) is 6.26 Å². The van der Waals surface area contributed by atoms with E-state index < -0.39 is 23.4 Å². The molecular weight excluding hydrogens is 316 g/mol.